The highest BCUT2D eigenvalue weighted by molar-refractivity contribution is 5.85. The molecule has 2 rings (SSSR count). The van der Waals surface area contributed by atoms with Crippen LogP contribution in [-0.2, 0) is 16.0 Å². The van der Waals surface area contributed by atoms with Crippen molar-refractivity contribution in [3.63, 3.8) is 0 Å². The monoisotopic (exact) mass is 369 g/mol. The molecular weight excluding hydrogens is 342 g/mol. The van der Waals surface area contributed by atoms with E-state index >= 15 is 0 Å². The van der Waals surface area contributed by atoms with Gasteiger partial charge in [0.15, 0.2) is 0 Å². The lowest BCUT2D eigenvalue weighted by atomic mass is 10.0. The maximum absolute atomic E-state index is 12.8. The molecule has 2 amide bonds. The molecule has 0 saturated carbocycles. The van der Waals surface area contributed by atoms with Crippen molar-refractivity contribution < 1.29 is 14.3 Å². The quantitative estimate of drug-likeness (QED) is 0.762. The first kappa shape index (κ1) is 21.3. The van der Waals surface area contributed by atoms with E-state index in [9.17, 15) is 9.59 Å². The Balaban J connectivity index is 0.00000312. The van der Waals surface area contributed by atoms with Gasteiger partial charge >= 0.3 is 0 Å². The average Bonchev–Trinajstić information content (AvgIpc) is 2.61. The number of benzene rings is 1. The van der Waals surface area contributed by atoms with Gasteiger partial charge in [0.05, 0.1) is 13.5 Å². The topological polar surface area (TPSA) is 84.7 Å². The van der Waals surface area contributed by atoms with Crippen molar-refractivity contribution in [3.8, 4) is 5.75 Å². The first-order valence-electron chi connectivity index (χ1n) is 8.53. The molecule has 1 aliphatic rings. The number of nitrogens with one attached hydrogen (secondary N) is 1. The van der Waals surface area contributed by atoms with E-state index in [1.165, 1.54) is 0 Å². The first-order valence-corrected chi connectivity index (χ1v) is 8.53. The number of likely N-dealkylation sites (tertiary alicyclic amines) is 1. The minimum atomic E-state index is -0.0554. The summed E-state index contributed by atoms with van der Waals surface area (Å²) in [6.45, 7) is 1.58. The molecule has 0 spiro atoms. The standard InChI is InChI=1S/C18H27N3O3.ClH/c1-24-16-8-3-2-6-14(16)12-18(23)21-11-5-4-7-15(21)13-20-17(22)9-10-19;/h2-3,6,8,15H,4-5,7,9-13,19H2,1H3,(H,20,22);1H. The number of ether oxygens (including phenoxy) is 1. The molecule has 0 aromatic heterocycles. The molecule has 0 aliphatic carbocycles. The second-order valence-corrected chi connectivity index (χ2v) is 6.07. The number of methoxy groups -OCH3 is 1. The van der Waals surface area contributed by atoms with Gasteiger partial charge in [-0.25, -0.2) is 0 Å². The van der Waals surface area contributed by atoms with Crippen molar-refractivity contribution in [3.05, 3.63) is 29.8 Å². The van der Waals surface area contributed by atoms with Gasteiger partial charge in [-0.1, -0.05) is 18.2 Å². The Morgan fingerprint density at radius 1 is 1.32 bits per heavy atom. The highest BCUT2D eigenvalue weighted by Gasteiger charge is 2.27. The molecule has 1 fully saturated rings. The van der Waals surface area contributed by atoms with Crippen LogP contribution < -0.4 is 15.8 Å². The van der Waals surface area contributed by atoms with Crippen LogP contribution in [0.5, 0.6) is 5.75 Å². The number of amides is 2. The van der Waals surface area contributed by atoms with Gasteiger partial charge in [0, 0.05) is 37.7 Å². The largest absolute Gasteiger partial charge is 0.496 e. The van der Waals surface area contributed by atoms with Crippen LogP contribution in [0.1, 0.15) is 31.2 Å². The Bertz CT molecular complexity index is 568. The van der Waals surface area contributed by atoms with Crippen molar-refractivity contribution in [2.75, 3.05) is 26.7 Å². The Morgan fingerprint density at radius 2 is 2.08 bits per heavy atom. The van der Waals surface area contributed by atoms with Gasteiger partial charge in [0.25, 0.3) is 0 Å². The Morgan fingerprint density at radius 3 is 2.80 bits per heavy atom. The van der Waals surface area contributed by atoms with Crippen LogP contribution in [0.25, 0.3) is 0 Å². The molecule has 1 aromatic rings. The summed E-state index contributed by atoms with van der Waals surface area (Å²) < 4.78 is 5.33. The zero-order chi connectivity index (χ0) is 17.4. The fraction of sp³-hybridized carbons (Fsp3) is 0.556. The number of piperidine rings is 1. The van der Waals surface area contributed by atoms with Crippen molar-refractivity contribution in [1.29, 1.82) is 0 Å². The second kappa shape index (κ2) is 10.9. The lowest BCUT2D eigenvalue weighted by Gasteiger charge is -2.36. The van der Waals surface area contributed by atoms with Crippen LogP contribution in [0.4, 0.5) is 0 Å². The molecule has 0 radical (unpaired) electrons. The molecule has 140 valence electrons. The molecule has 6 nitrogen and oxygen atoms in total. The van der Waals surface area contributed by atoms with E-state index in [1.54, 1.807) is 7.11 Å². The maximum atomic E-state index is 12.8. The van der Waals surface area contributed by atoms with E-state index in [0.717, 1.165) is 37.1 Å². The predicted octanol–water partition coefficient (Wildman–Crippen LogP) is 1.51. The van der Waals surface area contributed by atoms with E-state index in [4.69, 9.17) is 10.5 Å². The third kappa shape index (κ3) is 6.21. The third-order valence-corrected chi connectivity index (χ3v) is 4.39. The molecule has 1 aromatic carbocycles. The van der Waals surface area contributed by atoms with Gasteiger partial charge in [0.2, 0.25) is 11.8 Å². The number of rotatable bonds is 7. The van der Waals surface area contributed by atoms with E-state index in [-0.39, 0.29) is 30.3 Å². The lowest BCUT2D eigenvalue weighted by Crippen LogP contribution is -2.50. The van der Waals surface area contributed by atoms with Crippen molar-refractivity contribution in [2.45, 2.75) is 38.1 Å². The summed E-state index contributed by atoms with van der Waals surface area (Å²) in [5.74, 6) is 0.758. The van der Waals surface area contributed by atoms with Crippen LogP contribution in [-0.4, -0.2) is 49.5 Å². The smallest absolute Gasteiger partial charge is 0.227 e. The van der Waals surface area contributed by atoms with E-state index in [0.29, 0.717) is 25.9 Å². The molecule has 1 heterocycles. The summed E-state index contributed by atoms with van der Waals surface area (Å²) in [6, 6.07) is 7.64. The summed E-state index contributed by atoms with van der Waals surface area (Å²) in [4.78, 5) is 26.3. The van der Waals surface area contributed by atoms with Gasteiger partial charge in [0.1, 0.15) is 5.75 Å². The molecule has 1 unspecified atom stereocenters. The van der Waals surface area contributed by atoms with E-state index < -0.39 is 0 Å². The SMILES string of the molecule is COc1ccccc1CC(=O)N1CCCCC1CNC(=O)CCN.Cl. The van der Waals surface area contributed by atoms with E-state index in [2.05, 4.69) is 5.32 Å². The van der Waals surface area contributed by atoms with Crippen molar-refractivity contribution in [1.82, 2.24) is 10.2 Å². The molecule has 1 aliphatic heterocycles. The number of para-hydroxylation sites is 1. The minimum Gasteiger partial charge on any atom is -0.496 e. The number of nitrogens with zero attached hydrogens (tertiary/aromatic N) is 1. The van der Waals surface area contributed by atoms with Gasteiger partial charge in [-0.15, -0.1) is 12.4 Å². The van der Waals surface area contributed by atoms with Crippen LogP contribution in [0.2, 0.25) is 0 Å². The minimum absolute atomic E-state index is 0. The molecule has 1 saturated heterocycles. The van der Waals surface area contributed by atoms with Gasteiger partial charge in [-0.3, -0.25) is 9.59 Å². The van der Waals surface area contributed by atoms with Crippen LogP contribution >= 0.6 is 12.4 Å². The Labute approximate surface area is 155 Å². The number of hydrogen-bond donors (Lipinski definition) is 2. The molecule has 25 heavy (non-hydrogen) atoms. The predicted molar refractivity (Wildman–Crippen MR) is 100.0 cm³/mol. The zero-order valence-corrected chi connectivity index (χ0v) is 15.5. The number of carbonyl (C=O) groups excluding carboxylic acids is 2. The highest BCUT2D eigenvalue weighted by atomic mass is 35.5. The molecule has 0 bridgehead atoms. The number of carbonyl (C=O) groups is 2. The Kier molecular flexibility index (Phi) is 9.31. The normalized spacial score (nSPS) is 16.7. The molecule has 3 N–H and O–H groups in total. The van der Waals surface area contributed by atoms with Crippen LogP contribution in [0, 0.1) is 0 Å². The first-order chi connectivity index (χ1) is 11.7. The molecule has 1 atom stereocenters. The van der Waals surface area contributed by atoms with Crippen LogP contribution in [0.3, 0.4) is 0 Å². The van der Waals surface area contributed by atoms with Crippen molar-refractivity contribution >= 4 is 24.2 Å². The lowest BCUT2D eigenvalue weighted by molar-refractivity contribution is -0.134. The second-order valence-electron chi connectivity index (χ2n) is 6.07. The van der Waals surface area contributed by atoms with Gasteiger partial charge in [-0.05, 0) is 25.3 Å². The zero-order valence-electron chi connectivity index (χ0n) is 14.7. The Hall–Kier alpha value is -1.79. The summed E-state index contributed by atoms with van der Waals surface area (Å²) in [6.07, 6.45) is 3.64. The number of nitrogens with two attached hydrogens (primary N) is 1. The van der Waals surface area contributed by atoms with Gasteiger partial charge in [-0.2, -0.15) is 0 Å². The summed E-state index contributed by atoms with van der Waals surface area (Å²) in [5, 5.41) is 2.89. The fourth-order valence-corrected chi connectivity index (χ4v) is 3.11. The molecule has 7 heteroatoms. The summed E-state index contributed by atoms with van der Waals surface area (Å²) in [7, 11) is 1.61. The van der Waals surface area contributed by atoms with Gasteiger partial charge < -0.3 is 20.7 Å². The van der Waals surface area contributed by atoms with E-state index in [1.807, 2.05) is 29.2 Å². The van der Waals surface area contributed by atoms with Crippen LogP contribution in [0.15, 0.2) is 24.3 Å². The molecular formula is C18H28ClN3O3. The third-order valence-electron chi connectivity index (χ3n) is 4.39. The average molecular weight is 370 g/mol. The fourth-order valence-electron chi connectivity index (χ4n) is 3.11. The summed E-state index contributed by atoms with van der Waals surface area (Å²) >= 11 is 0. The van der Waals surface area contributed by atoms with Crippen molar-refractivity contribution in [2.24, 2.45) is 5.73 Å². The summed E-state index contributed by atoms with van der Waals surface area (Å²) in [5.41, 5.74) is 6.28. The number of halogens is 1. The number of hydrogen-bond acceptors (Lipinski definition) is 4. The highest BCUT2D eigenvalue weighted by Crippen LogP contribution is 2.22. The maximum Gasteiger partial charge on any atom is 0.227 e.